The van der Waals surface area contributed by atoms with Gasteiger partial charge in [-0.15, -0.1) is 50.5 Å². The van der Waals surface area contributed by atoms with Gasteiger partial charge in [0.05, 0.1) is 26.2 Å². The van der Waals surface area contributed by atoms with Gasteiger partial charge in [0.2, 0.25) is 44.9 Å². The average Bonchev–Trinajstić information content (AvgIpc) is 0.824. The van der Waals surface area contributed by atoms with Crippen LogP contribution in [0.4, 0.5) is 58.7 Å². The summed E-state index contributed by atoms with van der Waals surface area (Å²) in [5.74, 6) is 15.1. The molecule has 0 aliphatic carbocycles. The Morgan fingerprint density at radius 1 is 0.354 bits per heavy atom. The molecule has 30 nitrogen and oxygen atoms in total. The Morgan fingerprint density at radius 3 is 0.802 bits per heavy atom. The Hall–Kier alpha value is -7.92. The molecule has 0 amide bonds. The van der Waals surface area contributed by atoms with Gasteiger partial charge in [0.15, 0.2) is 45.2 Å². The van der Waals surface area contributed by atoms with Gasteiger partial charge < -0.3 is 75.1 Å². The number of hydrogen-bond acceptors (Lipinski definition) is 30. The van der Waals surface area contributed by atoms with Gasteiger partial charge in [-0.05, 0) is 99.5 Å². The van der Waals surface area contributed by atoms with Crippen molar-refractivity contribution >= 4 is 197 Å². The van der Waals surface area contributed by atoms with E-state index in [0.29, 0.717) is 118 Å². The number of rotatable bonds is 22. The molecule has 0 aliphatic heterocycles. The van der Waals surface area contributed by atoms with Crippen molar-refractivity contribution in [3.8, 4) is 49.4 Å². The minimum atomic E-state index is -0.0182. The average molecular weight is 1490 g/mol. The zero-order chi connectivity index (χ0) is 69.7. The minimum Gasteiger partial charge on any atom is -0.382 e. The molecule has 0 atom stereocenters. The van der Waals surface area contributed by atoms with E-state index >= 15 is 0 Å². The molecule has 8 aromatic heterocycles. The van der Waals surface area contributed by atoms with E-state index < -0.39 is 0 Å². The fourth-order valence-electron chi connectivity index (χ4n) is 6.41. The summed E-state index contributed by atoms with van der Waals surface area (Å²) in [7, 11) is 8.55. The highest BCUT2D eigenvalue weighted by Gasteiger charge is 2.18. The van der Waals surface area contributed by atoms with Crippen LogP contribution in [0, 0.1) is 49.4 Å². The predicted octanol–water partition coefficient (Wildman–Crippen LogP) is 10.4. The maximum absolute atomic E-state index is 5.93. The number of ether oxygens (including phenoxy) is 1. The van der Waals surface area contributed by atoms with Crippen LogP contribution in [0.25, 0.3) is 44.1 Å². The first kappa shape index (κ1) is 92.3. The molecule has 8 rings (SSSR count). The zero-order valence-electron chi connectivity index (χ0n) is 54.6. The molecule has 38 heteroatoms. The van der Waals surface area contributed by atoms with Gasteiger partial charge in [0.25, 0.3) is 0 Å². The molecule has 526 valence electrons. The van der Waals surface area contributed by atoms with E-state index in [2.05, 4.69) is 190 Å². The fraction of sp³-hybridized carbons (Fsp3) is 0.448. The Kier molecular flexibility index (Phi) is 52.1. The van der Waals surface area contributed by atoms with Crippen molar-refractivity contribution in [3.63, 3.8) is 0 Å². The lowest BCUT2D eigenvalue weighted by Crippen LogP contribution is -2.11. The van der Waals surface area contributed by atoms with Crippen molar-refractivity contribution in [2.75, 3.05) is 154 Å². The first-order valence-corrected chi connectivity index (χ1v) is 31.0. The summed E-state index contributed by atoms with van der Waals surface area (Å²) in [4.78, 5) is 67.0. The van der Waals surface area contributed by atoms with Crippen LogP contribution in [0.1, 0.15) is 74.7 Å². The van der Waals surface area contributed by atoms with Crippen LogP contribution in [0.3, 0.4) is 0 Å². The summed E-state index contributed by atoms with van der Waals surface area (Å²) < 4.78 is 4.83. The van der Waals surface area contributed by atoms with E-state index in [4.69, 9.17) is 105 Å². The van der Waals surface area contributed by atoms with E-state index in [1.54, 1.807) is 28.2 Å². The van der Waals surface area contributed by atoms with Crippen LogP contribution in [0.5, 0.6) is 0 Å². The summed E-state index contributed by atoms with van der Waals surface area (Å²) in [5.41, 5.74) is 18.4. The molecular formula is C58H87Cl8N29O. The van der Waals surface area contributed by atoms with Crippen LogP contribution >= 0.6 is 94.4 Å². The molecule has 8 heterocycles. The molecule has 8 aromatic rings. The third-order valence-corrected chi connectivity index (χ3v) is 11.6. The third-order valence-electron chi connectivity index (χ3n) is 10.4. The summed E-state index contributed by atoms with van der Waals surface area (Å²) in [5, 5.41) is 30.9. The van der Waals surface area contributed by atoms with Crippen molar-refractivity contribution in [3.05, 3.63) is 31.4 Å². The molecule has 0 saturated heterocycles. The Morgan fingerprint density at radius 2 is 0.583 bits per heavy atom. The quantitative estimate of drug-likeness (QED) is 0.0170. The lowest BCUT2D eigenvalue weighted by atomic mass is 10.3. The molecule has 0 fully saturated rings. The highest BCUT2D eigenvalue weighted by Crippen LogP contribution is 2.30. The topological polar surface area (TPSA) is 414 Å². The van der Waals surface area contributed by atoms with Crippen LogP contribution < -0.4 is 70.4 Å². The number of terminal acetylenes is 4. The highest BCUT2D eigenvalue weighted by atomic mass is 35.5. The van der Waals surface area contributed by atoms with Gasteiger partial charge >= 0.3 is 0 Å². The van der Waals surface area contributed by atoms with Crippen molar-refractivity contribution in [2.45, 2.75) is 74.7 Å². The maximum Gasteiger partial charge on any atom is 0.225 e. The Labute approximate surface area is 604 Å². The normalized spacial score (nSPS) is 9.38. The first-order chi connectivity index (χ1) is 44.9. The molecule has 0 spiro atoms. The molecule has 0 saturated carbocycles. The number of fused-ring (bicyclic) bond motifs is 4. The van der Waals surface area contributed by atoms with Crippen molar-refractivity contribution < 1.29 is 4.74 Å². The SMILES string of the molecule is C.C#CCN.C#CCNc1nc(Cl)nc2c(NCCC)nc(Cl)nc12.C#CCNc1nc(NC)nc2c(NCCC)nc(NC)nc12.C#CCNc1nc(NC)nc2c(NCCC)nc(NC)nc12.CCCN.CCOCC.CN.Cl.Cl.Clc1nc(Cl)c2nc(Cl)nc(Cl)c2n1. The molecule has 16 N–H and O–H groups in total. The van der Waals surface area contributed by atoms with E-state index in [-0.39, 0.29) is 74.7 Å². The van der Waals surface area contributed by atoms with Gasteiger partial charge in [-0.2, -0.15) is 29.9 Å². The van der Waals surface area contributed by atoms with Gasteiger partial charge in [-0.1, -0.05) is 82.0 Å². The molecule has 0 radical (unpaired) electrons. The van der Waals surface area contributed by atoms with E-state index in [1.165, 1.54) is 7.05 Å². The Balaban J connectivity index is -0.00000112. The lowest BCUT2D eigenvalue weighted by molar-refractivity contribution is 0.162. The Bertz CT molecular complexity index is 3550. The highest BCUT2D eigenvalue weighted by molar-refractivity contribution is 6.39. The van der Waals surface area contributed by atoms with Crippen LogP contribution in [0.15, 0.2) is 0 Å². The van der Waals surface area contributed by atoms with Gasteiger partial charge in [-0.25, -0.2) is 49.8 Å². The maximum atomic E-state index is 5.93. The molecule has 0 unspecified atom stereocenters. The molecule has 96 heavy (non-hydrogen) atoms. The number of aromatic nitrogens is 16. The van der Waals surface area contributed by atoms with Crippen LogP contribution in [-0.2, 0) is 4.74 Å². The number of nitrogens with one attached hydrogen (secondary N) is 10. The second-order valence-electron chi connectivity index (χ2n) is 17.1. The predicted molar refractivity (Wildman–Crippen MR) is 408 cm³/mol. The second kappa shape index (κ2) is 54.2. The summed E-state index contributed by atoms with van der Waals surface area (Å²) in [6.45, 7) is 18.4. The van der Waals surface area contributed by atoms with Crippen LogP contribution in [0.2, 0.25) is 31.4 Å². The van der Waals surface area contributed by atoms with Gasteiger partial charge in [0.1, 0.15) is 44.1 Å². The standard InChI is InChI=1S/2C14H20N8.C12H12Cl2N6.C6Cl4N4.C4H10O.C3H9N.C3H5N.CH5N.CH4.2ClH/c2*1-5-7-17-11-9-10(20-13(15-3)21-11)12(18-8-6-2)22-14(16-4)19-9;1-3-5-15-9-7-8(18-11(13)19-9)10(16-6-4-2)20-12(14)17-7;7-3-1-2(12-6(10)13-3)4(8)14-5(9)11-1;1-3-5-4-2;2*1-2-3-4;1-2;;;/h2*1H,6-8H2,2-4H3,(H2,15,17,20,21)(H2,16,18,19,22);1H,4-6H2,2H3,(H,15,18,19)(H,16,17,20);;3-4H2,1-2H3;2-4H2,1H3;1H,3-4H2;2H2,1H3;1H4;2*1H. The summed E-state index contributed by atoms with van der Waals surface area (Å²) in [6, 6.07) is 0. The molecular weight excluding hydrogens is 1400 g/mol. The molecule has 0 bridgehead atoms. The minimum absolute atomic E-state index is 0. The lowest BCUT2D eigenvalue weighted by Gasteiger charge is -2.13. The number of nitrogens with two attached hydrogens (primary N) is 3. The fourth-order valence-corrected chi connectivity index (χ4v) is 7.60. The smallest absolute Gasteiger partial charge is 0.225 e. The van der Waals surface area contributed by atoms with Gasteiger partial charge in [-0.3, -0.25) is 0 Å². The monoisotopic (exact) mass is 1490 g/mol. The number of hydrogen-bond donors (Lipinski definition) is 13. The molecule has 0 aromatic carbocycles. The van der Waals surface area contributed by atoms with E-state index in [9.17, 15) is 0 Å². The second-order valence-corrected chi connectivity index (χ2v) is 19.1. The van der Waals surface area contributed by atoms with Gasteiger partial charge in [0, 0.05) is 61.0 Å². The number of halogens is 8. The third kappa shape index (κ3) is 31.8. The summed E-state index contributed by atoms with van der Waals surface area (Å²) >= 11 is 34.5. The number of anilines is 10. The van der Waals surface area contributed by atoms with E-state index in [1.807, 2.05) is 20.8 Å². The van der Waals surface area contributed by atoms with E-state index in [0.717, 1.165) is 65.1 Å². The largest absolute Gasteiger partial charge is 0.382 e. The first-order valence-electron chi connectivity index (χ1n) is 28.7. The van der Waals surface area contributed by atoms with Crippen molar-refractivity contribution in [1.82, 2.24) is 79.7 Å². The van der Waals surface area contributed by atoms with Crippen LogP contribution in [-0.4, -0.2) is 181 Å². The molecule has 0 aliphatic rings. The van der Waals surface area contributed by atoms with Crippen molar-refractivity contribution in [1.29, 1.82) is 0 Å². The number of nitrogens with zero attached hydrogens (tertiary/aromatic N) is 16. The van der Waals surface area contributed by atoms with Crippen molar-refractivity contribution in [2.24, 2.45) is 17.2 Å². The zero-order valence-corrected chi connectivity index (χ0v) is 60.8. The summed E-state index contributed by atoms with van der Waals surface area (Å²) in [6.07, 6.45) is 24.5.